The van der Waals surface area contributed by atoms with Crippen molar-refractivity contribution in [2.75, 3.05) is 7.11 Å². The zero-order chi connectivity index (χ0) is 14.8. The van der Waals surface area contributed by atoms with Crippen molar-refractivity contribution in [3.63, 3.8) is 0 Å². The molecule has 0 radical (unpaired) electrons. The third-order valence-electron chi connectivity index (χ3n) is 4.53. The van der Waals surface area contributed by atoms with Gasteiger partial charge in [0.25, 0.3) is 0 Å². The minimum atomic E-state index is -0.294. The van der Waals surface area contributed by atoms with Crippen LogP contribution < -0.4 is 15.8 Å². The van der Waals surface area contributed by atoms with Crippen molar-refractivity contribution in [1.82, 2.24) is 5.32 Å². The van der Waals surface area contributed by atoms with Crippen molar-refractivity contribution in [1.29, 1.82) is 0 Å². The van der Waals surface area contributed by atoms with Crippen LogP contribution in [0.15, 0.2) is 23.2 Å². The van der Waals surface area contributed by atoms with Crippen molar-refractivity contribution in [3.05, 3.63) is 29.6 Å². The molecule has 0 unspecified atom stereocenters. The van der Waals surface area contributed by atoms with E-state index in [1.807, 2.05) is 6.07 Å². The van der Waals surface area contributed by atoms with E-state index in [9.17, 15) is 4.39 Å². The Morgan fingerprint density at radius 3 is 2.71 bits per heavy atom. The van der Waals surface area contributed by atoms with Gasteiger partial charge >= 0.3 is 0 Å². The second kappa shape index (κ2) is 5.92. The summed E-state index contributed by atoms with van der Waals surface area (Å²) < 4.78 is 18.6. The molecule has 5 heteroatoms. The summed E-state index contributed by atoms with van der Waals surface area (Å²) in [5, 5.41) is 3.26. The fourth-order valence-corrected chi connectivity index (χ4v) is 2.90. The summed E-state index contributed by atoms with van der Waals surface area (Å²) >= 11 is 0. The van der Waals surface area contributed by atoms with Gasteiger partial charge in [-0.25, -0.2) is 4.39 Å². The molecule has 2 aliphatic carbocycles. The molecular formula is C16H22FN3O. The van der Waals surface area contributed by atoms with Crippen LogP contribution in [0.1, 0.15) is 43.6 Å². The lowest BCUT2D eigenvalue weighted by atomic mass is 9.76. The Kier molecular flexibility index (Phi) is 3.99. The van der Waals surface area contributed by atoms with E-state index < -0.39 is 0 Å². The van der Waals surface area contributed by atoms with Gasteiger partial charge < -0.3 is 15.8 Å². The monoisotopic (exact) mass is 291 g/mol. The van der Waals surface area contributed by atoms with E-state index in [-0.39, 0.29) is 5.82 Å². The van der Waals surface area contributed by atoms with Gasteiger partial charge in [-0.15, -0.1) is 0 Å². The SMILES string of the molecule is COc1ccc(C2CC(NC(N)=NC3CCC3)C2)cc1F. The fraction of sp³-hybridized carbons (Fsp3) is 0.562. The predicted molar refractivity (Wildman–Crippen MR) is 81.1 cm³/mol. The number of nitrogens with zero attached hydrogens (tertiary/aromatic N) is 1. The van der Waals surface area contributed by atoms with Crippen LogP contribution in [0, 0.1) is 5.82 Å². The number of rotatable bonds is 4. The topological polar surface area (TPSA) is 59.6 Å². The zero-order valence-corrected chi connectivity index (χ0v) is 12.3. The molecule has 114 valence electrons. The van der Waals surface area contributed by atoms with Gasteiger partial charge in [-0.3, -0.25) is 4.99 Å². The summed E-state index contributed by atoms with van der Waals surface area (Å²) in [7, 11) is 1.48. The number of nitrogens with two attached hydrogens (primary N) is 1. The molecule has 3 rings (SSSR count). The number of hydrogen-bond donors (Lipinski definition) is 2. The smallest absolute Gasteiger partial charge is 0.189 e. The molecule has 21 heavy (non-hydrogen) atoms. The first-order valence-corrected chi connectivity index (χ1v) is 7.59. The molecule has 0 bridgehead atoms. The Labute approximate surface area is 124 Å². The first kappa shape index (κ1) is 14.2. The standard InChI is InChI=1S/C16H22FN3O/c1-21-15-6-5-10(9-14(15)17)11-7-13(8-11)20-16(18)19-12-3-2-4-12/h5-6,9,11-13H,2-4,7-8H2,1H3,(H3,18,19,20). The van der Waals surface area contributed by atoms with Crippen LogP contribution in [0.25, 0.3) is 0 Å². The summed E-state index contributed by atoms with van der Waals surface area (Å²) in [5.41, 5.74) is 6.93. The number of aliphatic imine (C=N–C) groups is 1. The molecule has 0 amide bonds. The molecule has 0 aromatic heterocycles. The third-order valence-corrected chi connectivity index (χ3v) is 4.53. The van der Waals surface area contributed by atoms with E-state index in [0.29, 0.717) is 29.7 Å². The first-order valence-electron chi connectivity index (χ1n) is 7.59. The number of nitrogens with one attached hydrogen (secondary N) is 1. The van der Waals surface area contributed by atoms with Crippen LogP contribution in [-0.4, -0.2) is 25.2 Å². The minimum absolute atomic E-state index is 0.294. The van der Waals surface area contributed by atoms with Crippen molar-refractivity contribution in [2.24, 2.45) is 10.7 Å². The summed E-state index contributed by atoms with van der Waals surface area (Å²) in [6.45, 7) is 0. The fourth-order valence-electron chi connectivity index (χ4n) is 2.90. The quantitative estimate of drug-likeness (QED) is 0.662. The average molecular weight is 291 g/mol. The molecule has 1 aromatic rings. The van der Waals surface area contributed by atoms with Crippen LogP contribution in [0.2, 0.25) is 0 Å². The highest BCUT2D eigenvalue weighted by Crippen LogP contribution is 2.38. The van der Waals surface area contributed by atoms with Crippen molar-refractivity contribution in [2.45, 2.75) is 50.1 Å². The highest BCUT2D eigenvalue weighted by atomic mass is 19.1. The lowest BCUT2D eigenvalue weighted by molar-refractivity contribution is 0.320. The Morgan fingerprint density at radius 2 is 2.14 bits per heavy atom. The predicted octanol–water partition coefficient (Wildman–Crippen LogP) is 2.54. The van der Waals surface area contributed by atoms with Crippen LogP contribution in [-0.2, 0) is 0 Å². The molecule has 3 N–H and O–H groups in total. The van der Waals surface area contributed by atoms with Crippen LogP contribution in [0.5, 0.6) is 5.75 Å². The van der Waals surface area contributed by atoms with Gasteiger partial charge in [0.1, 0.15) is 0 Å². The van der Waals surface area contributed by atoms with Gasteiger partial charge in [0.2, 0.25) is 0 Å². The molecule has 0 saturated heterocycles. The molecule has 2 aliphatic rings. The van der Waals surface area contributed by atoms with E-state index in [2.05, 4.69) is 10.3 Å². The second-order valence-corrected chi connectivity index (χ2v) is 6.00. The van der Waals surface area contributed by atoms with Gasteiger partial charge in [0.05, 0.1) is 13.2 Å². The molecule has 0 spiro atoms. The van der Waals surface area contributed by atoms with Crippen molar-refractivity contribution >= 4 is 5.96 Å². The number of hydrogen-bond acceptors (Lipinski definition) is 2. The maximum atomic E-state index is 13.7. The normalized spacial score (nSPS) is 25.9. The number of guanidine groups is 1. The summed E-state index contributed by atoms with van der Waals surface area (Å²) in [4.78, 5) is 4.45. The van der Waals surface area contributed by atoms with Gasteiger partial charge in [0.15, 0.2) is 17.5 Å². The van der Waals surface area contributed by atoms with E-state index in [0.717, 1.165) is 31.2 Å². The number of methoxy groups -OCH3 is 1. The molecular weight excluding hydrogens is 269 g/mol. The van der Waals surface area contributed by atoms with E-state index in [4.69, 9.17) is 10.5 Å². The van der Waals surface area contributed by atoms with Gasteiger partial charge in [-0.05, 0) is 55.7 Å². The number of halogens is 1. The van der Waals surface area contributed by atoms with Crippen LogP contribution in [0.4, 0.5) is 4.39 Å². The lowest BCUT2D eigenvalue weighted by Gasteiger charge is -2.37. The first-order chi connectivity index (χ1) is 10.2. The molecule has 0 aliphatic heterocycles. The third kappa shape index (κ3) is 3.12. The van der Waals surface area contributed by atoms with Crippen molar-refractivity contribution < 1.29 is 9.13 Å². The van der Waals surface area contributed by atoms with E-state index in [1.54, 1.807) is 12.1 Å². The van der Waals surface area contributed by atoms with Gasteiger partial charge in [-0.1, -0.05) is 6.07 Å². The van der Waals surface area contributed by atoms with Crippen molar-refractivity contribution in [3.8, 4) is 5.75 Å². The Balaban J connectivity index is 1.51. The molecule has 4 nitrogen and oxygen atoms in total. The van der Waals surface area contributed by atoms with Crippen LogP contribution >= 0.6 is 0 Å². The average Bonchev–Trinajstić information content (AvgIpc) is 2.37. The van der Waals surface area contributed by atoms with Gasteiger partial charge in [0, 0.05) is 6.04 Å². The molecule has 1 aromatic carbocycles. The highest BCUT2D eigenvalue weighted by molar-refractivity contribution is 5.78. The Morgan fingerprint density at radius 1 is 1.38 bits per heavy atom. The molecule has 2 fully saturated rings. The molecule has 0 atom stereocenters. The van der Waals surface area contributed by atoms with Gasteiger partial charge in [-0.2, -0.15) is 0 Å². The zero-order valence-electron chi connectivity index (χ0n) is 12.3. The number of ether oxygens (including phenoxy) is 1. The second-order valence-electron chi connectivity index (χ2n) is 6.00. The lowest BCUT2D eigenvalue weighted by Crippen LogP contribution is -2.47. The Hall–Kier alpha value is -1.78. The summed E-state index contributed by atoms with van der Waals surface area (Å²) in [6.07, 6.45) is 5.50. The van der Waals surface area contributed by atoms with Crippen LogP contribution in [0.3, 0.4) is 0 Å². The number of benzene rings is 1. The van der Waals surface area contributed by atoms with E-state index in [1.165, 1.54) is 13.5 Å². The van der Waals surface area contributed by atoms with E-state index >= 15 is 0 Å². The molecule has 0 heterocycles. The summed E-state index contributed by atoms with van der Waals surface area (Å²) in [5.74, 6) is 0.950. The largest absolute Gasteiger partial charge is 0.494 e. The Bertz CT molecular complexity index is 536. The highest BCUT2D eigenvalue weighted by Gasteiger charge is 2.31. The molecule has 2 saturated carbocycles. The minimum Gasteiger partial charge on any atom is -0.494 e. The maximum Gasteiger partial charge on any atom is 0.189 e. The maximum absolute atomic E-state index is 13.7. The summed E-state index contributed by atoms with van der Waals surface area (Å²) in [6, 6.07) is 5.98.